The van der Waals surface area contributed by atoms with E-state index in [4.69, 9.17) is 10.5 Å². The van der Waals surface area contributed by atoms with Gasteiger partial charge in [-0.05, 0) is 31.6 Å². The maximum Gasteiger partial charge on any atom is 0.188 e. The van der Waals surface area contributed by atoms with Gasteiger partial charge in [0.2, 0.25) is 0 Å². The molecule has 1 saturated carbocycles. The van der Waals surface area contributed by atoms with E-state index in [0.29, 0.717) is 5.96 Å². The maximum atomic E-state index is 5.81. The molecule has 5 heteroatoms. The fraction of sp³-hybridized carbons (Fsp3) is 0.938. The molecule has 1 aliphatic rings. The molecule has 0 bridgehead atoms. The average Bonchev–Trinajstić information content (AvgIpc) is 3.26. The van der Waals surface area contributed by atoms with Gasteiger partial charge in [-0.1, -0.05) is 39.0 Å². The predicted molar refractivity (Wildman–Crippen MR) is 101 cm³/mol. The third kappa shape index (κ3) is 14.7. The predicted octanol–water partition coefficient (Wildman–Crippen LogP) is 3.69. The van der Waals surface area contributed by atoms with Crippen LogP contribution in [-0.4, -0.2) is 32.3 Å². The van der Waals surface area contributed by atoms with Crippen molar-refractivity contribution in [1.82, 2.24) is 5.32 Å². The van der Waals surface area contributed by atoms with Crippen LogP contribution in [0.3, 0.4) is 0 Å². The minimum Gasteiger partial charge on any atom is -0.381 e. The highest BCUT2D eigenvalue weighted by Crippen LogP contribution is 2.28. The van der Waals surface area contributed by atoms with Gasteiger partial charge >= 0.3 is 0 Å². The van der Waals surface area contributed by atoms with Crippen molar-refractivity contribution in [1.29, 1.82) is 0 Å². The summed E-state index contributed by atoms with van der Waals surface area (Å²) in [5, 5.41) is 3.18. The lowest BCUT2D eigenvalue weighted by Crippen LogP contribution is -2.32. The van der Waals surface area contributed by atoms with Crippen molar-refractivity contribution in [2.45, 2.75) is 64.7 Å². The third-order valence-corrected chi connectivity index (χ3v) is 3.62. The number of nitrogens with two attached hydrogens (primary N) is 1. The second-order valence-corrected chi connectivity index (χ2v) is 5.83. The summed E-state index contributed by atoms with van der Waals surface area (Å²) in [6, 6.07) is 0. The average molecular weight is 411 g/mol. The van der Waals surface area contributed by atoms with Crippen LogP contribution in [0.5, 0.6) is 0 Å². The van der Waals surface area contributed by atoms with Gasteiger partial charge in [-0.25, -0.2) is 0 Å². The molecule has 4 nitrogen and oxygen atoms in total. The molecule has 0 saturated heterocycles. The van der Waals surface area contributed by atoms with Crippen LogP contribution in [-0.2, 0) is 4.74 Å². The van der Waals surface area contributed by atoms with Gasteiger partial charge in [0.1, 0.15) is 0 Å². The molecule has 0 unspecified atom stereocenters. The Morgan fingerprint density at radius 2 is 1.86 bits per heavy atom. The highest BCUT2D eigenvalue weighted by Gasteiger charge is 2.20. The summed E-state index contributed by atoms with van der Waals surface area (Å²) in [6.07, 6.45) is 11.5. The lowest BCUT2D eigenvalue weighted by molar-refractivity contribution is 0.123. The van der Waals surface area contributed by atoms with Crippen molar-refractivity contribution in [2.75, 3.05) is 26.3 Å². The fourth-order valence-corrected chi connectivity index (χ4v) is 2.08. The molecule has 126 valence electrons. The lowest BCUT2D eigenvalue weighted by Gasteiger charge is -2.06. The minimum atomic E-state index is 0. The van der Waals surface area contributed by atoms with Crippen molar-refractivity contribution >= 4 is 29.9 Å². The van der Waals surface area contributed by atoms with Crippen molar-refractivity contribution in [2.24, 2.45) is 16.6 Å². The number of guanidine groups is 1. The summed E-state index contributed by atoms with van der Waals surface area (Å²) < 4.78 is 5.55. The fourth-order valence-electron chi connectivity index (χ4n) is 2.08. The number of nitrogens with one attached hydrogen (secondary N) is 1. The first-order chi connectivity index (χ1) is 9.83. The molecule has 1 rings (SSSR count). The Hall–Kier alpha value is -0.0400. The topological polar surface area (TPSA) is 59.6 Å². The first-order valence-electron chi connectivity index (χ1n) is 8.44. The standard InChI is InChI=1S/C16H33N3O.HI/c1-2-3-4-5-6-7-11-18-16(17)19-12-8-13-20-14-15-9-10-15;/h15H,2-14H2,1H3,(H3,17,18,19);1H. The zero-order valence-corrected chi connectivity index (χ0v) is 15.9. The summed E-state index contributed by atoms with van der Waals surface area (Å²) in [5.41, 5.74) is 5.81. The third-order valence-electron chi connectivity index (χ3n) is 3.62. The van der Waals surface area contributed by atoms with E-state index in [2.05, 4.69) is 17.2 Å². The van der Waals surface area contributed by atoms with E-state index in [1.165, 1.54) is 51.4 Å². The van der Waals surface area contributed by atoms with E-state index in [1.54, 1.807) is 0 Å². The van der Waals surface area contributed by atoms with E-state index in [-0.39, 0.29) is 24.0 Å². The summed E-state index contributed by atoms with van der Waals surface area (Å²) in [6.45, 7) is 5.70. The highest BCUT2D eigenvalue weighted by molar-refractivity contribution is 14.0. The molecule has 0 aromatic carbocycles. The normalized spacial score (nSPS) is 14.8. The number of halogens is 1. The van der Waals surface area contributed by atoms with Crippen LogP contribution in [0.25, 0.3) is 0 Å². The van der Waals surface area contributed by atoms with Gasteiger partial charge in [0.25, 0.3) is 0 Å². The Bertz CT molecular complexity index is 258. The molecule has 0 aliphatic heterocycles. The Labute approximate surface area is 147 Å². The molecule has 0 amide bonds. The first kappa shape index (κ1) is 21.0. The van der Waals surface area contributed by atoms with E-state index in [0.717, 1.165) is 38.6 Å². The molecule has 0 aromatic rings. The van der Waals surface area contributed by atoms with Crippen molar-refractivity contribution in [3.63, 3.8) is 0 Å². The van der Waals surface area contributed by atoms with E-state index < -0.39 is 0 Å². The van der Waals surface area contributed by atoms with Crippen molar-refractivity contribution in [3.8, 4) is 0 Å². The molecule has 0 spiro atoms. The first-order valence-corrected chi connectivity index (χ1v) is 8.44. The largest absolute Gasteiger partial charge is 0.381 e. The van der Waals surface area contributed by atoms with Crippen molar-refractivity contribution < 1.29 is 4.74 Å². The molecule has 0 atom stereocenters. The Kier molecular flexibility index (Phi) is 14.9. The van der Waals surface area contributed by atoms with Gasteiger partial charge in [-0.3, -0.25) is 4.99 Å². The maximum absolute atomic E-state index is 5.81. The summed E-state index contributed by atoms with van der Waals surface area (Å²) in [5.74, 6) is 1.43. The summed E-state index contributed by atoms with van der Waals surface area (Å²) in [4.78, 5) is 4.31. The smallest absolute Gasteiger partial charge is 0.188 e. The number of aliphatic imine (C=N–C) groups is 1. The zero-order valence-electron chi connectivity index (χ0n) is 13.6. The SMILES string of the molecule is CCCCCCCCNC(N)=NCCCOCC1CC1.I. The molecule has 1 aliphatic carbocycles. The number of hydrogen-bond acceptors (Lipinski definition) is 2. The lowest BCUT2D eigenvalue weighted by atomic mass is 10.1. The van der Waals surface area contributed by atoms with E-state index in [9.17, 15) is 0 Å². The van der Waals surface area contributed by atoms with Gasteiger partial charge in [0, 0.05) is 26.3 Å². The number of hydrogen-bond donors (Lipinski definition) is 2. The second-order valence-electron chi connectivity index (χ2n) is 5.83. The van der Waals surface area contributed by atoms with Crippen LogP contribution < -0.4 is 11.1 Å². The summed E-state index contributed by atoms with van der Waals surface area (Å²) >= 11 is 0. The quantitative estimate of drug-likeness (QED) is 0.210. The number of rotatable bonds is 13. The van der Waals surface area contributed by atoms with E-state index in [1.807, 2.05) is 0 Å². The van der Waals surface area contributed by atoms with Gasteiger partial charge in [-0.15, -0.1) is 24.0 Å². The van der Waals surface area contributed by atoms with Crippen LogP contribution in [0.15, 0.2) is 4.99 Å². The van der Waals surface area contributed by atoms with Crippen LogP contribution in [0.1, 0.15) is 64.7 Å². The van der Waals surface area contributed by atoms with Crippen LogP contribution in [0.4, 0.5) is 0 Å². The Morgan fingerprint density at radius 1 is 1.14 bits per heavy atom. The summed E-state index contributed by atoms with van der Waals surface area (Å²) in [7, 11) is 0. The zero-order chi connectivity index (χ0) is 14.5. The molecule has 1 fully saturated rings. The minimum absolute atomic E-state index is 0. The van der Waals surface area contributed by atoms with Gasteiger partial charge < -0.3 is 15.8 Å². The molecule has 0 aromatic heterocycles. The molecular weight excluding hydrogens is 377 g/mol. The van der Waals surface area contributed by atoms with Gasteiger partial charge in [-0.2, -0.15) is 0 Å². The molecule has 0 radical (unpaired) electrons. The highest BCUT2D eigenvalue weighted by atomic mass is 127. The monoisotopic (exact) mass is 411 g/mol. The van der Waals surface area contributed by atoms with E-state index >= 15 is 0 Å². The number of nitrogens with zero attached hydrogens (tertiary/aromatic N) is 1. The van der Waals surface area contributed by atoms with Crippen LogP contribution in [0, 0.1) is 5.92 Å². The number of ether oxygens (including phenoxy) is 1. The molecule has 0 heterocycles. The molecular formula is C16H34IN3O. The van der Waals surface area contributed by atoms with Crippen molar-refractivity contribution in [3.05, 3.63) is 0 Å². The Morgan fingerprint density at radius 3 is 2.57 bits per heavy atom. The van der Waals surface area contributed by atoms with Gasteiger partial charge in [0.15, 0.2) is 5.96 Å². The molecule has 3 N–H and O–H groups in total. The second kappa shape index (κ2) is 14.9. The van der Waals surface area contributed by atoms with Crippen LogP contribution in [0.2, 0.25) is 0 Å². The molecule has 21 heavy (non-hydrogen) atoms. The van der Waals surface area contributed by atoms with Gasteiger partial charge in [0.05, 0.1) is 0 Å². The van der Waals surface area contributed by atoms with Crippen LogP contribution >= 0.6 is 24.0 Å². The Balaban J connectivity index is 0.00000400. The number of unbranched alkanes of at least 4 members (excludes halogenated alkanes) is 5.